The van der Waals surface area contributed by atoms with E-state index in [1.54, 1.807) is 0 Å². The lowest BCUT2D eigenvalue weighted by molar-refractivity contribution is 0.510. The van der Waals surface area contributed by atoms with Crippen LogP contribution in [0.15, 0.2) is 30.3 Å². The van der Waals surface area contributed by atoms with Crippen LogP contribution in [0.3, 0.4) is 0 Å². The summed E-state index contributed by atoms with van der Waals surface area (Å²) in [5.74, 6) is -1.14. The molecule has 2 aromatic carbocycles. The van der Waals surface area contributed by atoms with E-state index < -0.39 is 11.6 Å². The van der Waals surface area contributed by atoms with Crippen molar-refractivity contribution in [1.29, 1.82) is 0 Å². The van der Waals surface area contributed by atoms with E-state index in [0.717, 1.165) is 23.3 Å². The highest BCUT2D eigenvalue weighted by molar-refractivity contribution is 5.79. The maximum atomic E-state index is 13.2. The van der Waals surface area contributed by atoms with Gasteiger partial charge in [-0.3, -0.25) is 0 Å². The van der Waals surface area contributed by atoms with E-state index in [9.17, 15) is 8.78 Å². The van der Waals surface area contributed by atoms with Crippen LogP contribution in [0.5, 0.6) is 0 Å². The fourth-order valence-electron chi connectivity index (χ4n) is 2.03. The molecule has 0 atom stereocenters. The molecule has 0 aliphatic heterocycles. The summed E-state index contributed by atoms with van der Waals surface area (Å²) >= 11 is 0. The number of benzene rings is 2. The van der Waals surface area contributed by atoms with Gasteiger partial charge in [-0.25, -0.2) is 13.8 Å². The highest BCUT2D eigenvalue weighted by atomic mass is 19.2. The summed E-state index contributed by atoms with van der Waals surface area (Å²) in [4.78, 5) is 7.30. The Morgan fingerprint density at radius 2 is 1.68 bits per heavy atom. The van der Waals surface area contributed by atoms with Crippen LogP contribution in [0.25, 0.3) is 22.4 Å². The zero-order valence-corrected chi connectivity index (χ0v) is 10.6. The molecule has 0 aliphatic carbocycles. The third-order valence-corrected chi connectivity index (χ3v) is 3.30. The predicted octanol–water partition coefficient (Wildman–Crippen LogP) is 4.12. The lowest BCUT2D eigenvalue weighted by Gasteiger charge is -2.02. The minimum absolute atomic E-state index is 0.423. The number of imidazole rings is 1. The van der Waals surface area contributed by atoms with Gasteiger partial charge in [0, 0.05) is 17.7 Å². The van der Waals surface area contributed by atoms with Crippen molar-refractivity contribution >= 4 is 11.0 Å². The van der Waals surface area contributed by atoms with Crippen molar-refractivity contribution in [3.8, 4) is 11.4 Å². The molecule has 0 bridgehead atoms. The summed E-state index contributed by atoms with van der Waals surface area (Å²) in [6.07, 6.45) is 0. The standard InChI is InChI=1S/C15H12F2N2/c1-8-3-4-10(5-9(8)2)15-18-13-6-11(16)12(17)7-14(13)19-15/h3-7H,1-2H3,(H,18,19). The summed E-state index contributed by atoms with van der Waals surface area (Å²) in [7, 11) is 0. The molecule has 0 saturated heterocycles. The molecular formula is C15H12F2N2. The van der Waals surface area contributed by atoms with Crippen molar-refractivity contribution in [3.05, 3.63) is 53.1 Å². The van der Waals surface area contributed by atoms with E-state index in [1.807, 2.05) is 32.0 Å². The molecule has 0 unspecified atom stereocenters. The molecular weight excluding hydrogens is 246 g/mol. The number of fused-ring (bicyclic) bond motifs is 1. The van der Waals surface area contributed by atoms with Crippen LogP contribution in [-0.2, 0) is 0 Å². The summed E-state index contributed by atoms with van der Waals surface area (Å²) in [6.45, 7) is 4.04. The summed E-state index contributed by atoms with van der Waals surface area (Å²) in [6, 6.07) is 8.17. The average molecular weight is 258 g/mol. The fourth-order valence-corrected chi connectivity index (χ4v) is 2.03. The minimum atomic E-state index is -0.884. The highest BCUT2D eigenvalue weighted by Gasteiger charge is 2.10. The summed E-state index contributed by atoms with van der Waals surface area (Å²) in [5.41, 5.74) is 4.16. The maximum Gasteiger partial charge on any atom is 0.161 e. The molecule has 0 radical (unpaired) electrons. The molecule has 0 fully saturated rings. The van der Waals surface area contributed by atoms with Crippen molar-refractivity contribution in [2.75, 3.05) is 0 Å². The van der Waals surface area contributed by atoms with Crippen LogP contribution in [0, 0.1) is 25.5 Å². The van der Waals surface area contributed by atoms with Gasteiger partial charge in [0.15, 0.2) is 11.6 Å². The number of hydrogen-bond acceptors (Lipinski definition) is 1. The van der Waals surface area contributed by atoms with Crippen LogP contribution in [0.2, 0.25) is 0 Å². The lowest BCUT2D eigenvalue weighted by Crippen LogP contribution is -1.84. The molecule has 3 aromatic rings. The van der Waals surface area contributed by atoms with Crippen molar-refractivity contribution < 1.29 is 8.78 Å². The third kappa shape index (κ3) is 1.99. The van der Waals surface area contributed by atoms with Crippen molar-refractivity contribution in [1.82, 2.24) is 9.97 Å². The van der Waals surface area contributed by atoms with E-state index in [0.29, 0.717) is 16.9 Å². The van der Waals surface area contributed by atoms with Crippen molar-refractivity contribution in [3.63, 3.8) is 0 Å². The molecule has 1 heterocycles. The van der Waals surface area contributed by atoms with Crippen LogP contribution in [0.1, 0.15) is 11.1 Å². The van der Waals surface area contributed by atoms with E-state index >= 15 is 0 Å². The Kier molecular flexibility index (Phi) is 2.59. The Balaban J connectivity index is 2.17. The van der Waals surface area contributed by atoms with Gasteiger partial charge in [-0.05, 0) is 31.0 Å². The largest absolute Gasteiger partial charge is 0.338 e. The Hall–Kier alpha value is -2.23. The molecule has 1 aromatic heterocycles. The number of halogens is 2. The predicted molar refractivity (Wildman–Crippen MR) is 70.9 cm³/mol. The first kappa shape index (κ1) is 11.8. The number of aromatic amines is 1. The lowest BCUT2D eigenvalue weighted by atomic mass is 10.1. The van der Waals surface area contributed by atoms with Gasteiger partial charge in [-0.2, -0.15) is 0 Å². The smallest absolute Gasteiger partial charge is 0.161 e. The number of aromatic nitrogens is 2. The van der Waals surface area contributed by atoms with Crippen LogP contribution >= 0.6 is 0 Å². The monoisotopic (exact) mass is 258 g/mol. The van der Waals surface area contributed by atoms with E-state index in [2.05, 4.69) is 9.97 Å². The fraction of sp³-hybridized carbons (Fsp3) is 0.133. The normalized spacial score (nSPS) is 11.2. The first-order chi connectivity index (χ1) is 9.04. The highest BCUT2D eigenvalue weighted by Crippen LogP contribution is 2.24. The molecule has 3 rings (SSSR count). The Morgan fingerprint density at radius 1 is 0.947 bits per heavy atom. The van der Waals surface area contributed by atoms with E-state index in [4.69, 9.17) is 0 Å². The second-order valence-electron chi connectivity index (χ2n) is 4.67. The van der Waals surface area contributed by atoms with Crippen molar-refractivity contribution in [2.24, 2.45) is 0 Å². The number of hydrogen-bond donors (Lipinski definition) is 1. The minimum Gasteiger partial charge on any atom is -0.338 e. The number of H-pyrrole nitrogens is 1. The van der Waals surface area contributed by atoms with Crippen LogP contribution < -0.4 is 0 Å². The molecule has 1 N–H and O–H groups in total. The molecule has 19 heavy (non-hydrogen) atoms. The first-order valence-electron chi connectivity index (χ1n) is 5.97. The first-order valence-corrected chi connectivity index (χ1v) is 5.97. The maximum absolute atomic E-state index is 13.2. The van der Waals surface area contributed by atoms with Gasteiger partial charge in [0.2, 0.25) is 0 Å². The Labute approximate surface area is 109 Å². The summed E-state index contributed by atoms with van der Waals surface area (Å²) < 4.78 is 26.3. The molecule has 2 nitrogen and oxygen atoms in total. The number of nitrogens with zero attached hydrogens (tertiary/aromatic N) is 1. The topological polar surface area (TPSA) is 28.7 Å². The van der Waals surface area contributed by atoms with Gasteiger partial charge in [0.05, 0.1) is 11.0 Å². The second-order valence-corrected chi connectivity index (χ2v) is 4.67. The molecule has 0 saturated carbocycles. The molecule has 0 spiro atoms. The molecule has 0 amide bonds. The van der Waals surface area contributed by atoms with Gasteiger partial charge in [-0.15, -0.1) is 0 Å². The Bertz CT molecular complexity index is 736. The van der Waals surface area contributed by atoms with Gasteiger partial charge < -0.3 is 4.98 Å². The molecule has 0 aliphatic rings. The average Bonchev–Trinajstić information content (AvgIpc) is 2.76. The summed E-state index contributed by atoms with van der Waals surface area (Å²) in [5, 5.41) is 0. The van der Waals surface area contributed by atoms with Gasteiger partial charge in [-0.1, -0.05) is 12.1 Å². The van der Waals surface area contributed by atoms with E-state index in [1.165, 1.54) is 5.56 Å². The van der Waals surface area contributed by atoms with Crippen LogP contribution in [0.4, 0.5) is 8.78 Å². The van der Waals surface area contributed by atoms with Crippen molar-refractivity contribution in [2.45, 2.75) is 13.8 Å². The zero-order valence-electron chi connectivity index (χ0n) is 10.6. The SMILES string of the molecule is Cc1ccc(-c2nc3cc(F)c(F)cc3[nH]2)cc1C. The van der Waals surface area contributed by atoms with Gasteiger partial charge >= 0.3 is 0 Å². The van der Waals surface area contributed by atoms with Gasteiger partial charge in [0.1, 0.15) is 5.82 Å². The zero-order chi connectivity index (χ0) is 13.6. The Morgan fingerprint density at radius 3 is 2.42 bits per heavy atom. The number of rotatable bonds is 1. The quantitative estimate of drug-likeness (QED) is 0.698. The molecule has 96 valence electrons. The van der Waals surface area contributed by atoms with Crippen LogP contribution in [-0.4, -0.2) is 9.97 Å². The number of aryl methyl sites for hydroxylation is 2. The van der Waals surface area contributed by atoms with Gasteiger partial charge in [0.25, 0.3) is 0 Å². The molecule has 4 heteroatoms. The number of nitrogens with one attached hydrogen (secondary N) is 1. The second kappa shape index (κ2) is 4.16. The third-order valence-electron chi connectivity index (χ3n) is 3.30. The van der Waals surface area contributed by atoms with E-state index in [-0.39, 0.29) is 0 Å².